The van der Waals surface area contributed by atoms with Gasteiger partial charge in [0.1, 0.15) is 27.8 Å². The maximum absolute atomic E-state index is 12.9. The van der Waals surface area contributed by atoms with Gasteiger partial charge in [-0.05, 0) is 12.5 Å². The average Bonchev–Trinajstić information content (AvgIpc) is 2.86. The molecule has 2 amide bonds. The van der Waals surface area contributed by atoms with Gasteiger partial charge in [0.25, 0.3) is 11.8 Å². The lowest BCUT2D eigenvalue weighted by Crippen LogP contribution is -2.70. The quantitative estimate of drug-likeness (QED) is 0.712. The van der Waals surface area contributed by atoms with Crippen LogP contribution in [0, 0.1) is 0 Å². The highest BCUT2D eigenvalue weighted by molar-refractivity contribution is 8.00. The molecule has 8 nitrogen and oxygen atoms in total. The van der Waals surface area contributed by atoms with Crippen molar-refractivity contribution in [3.05, 3.63) is 27.7 Å². The lowest BCUT2D eigenvalue weighted by molar-refractivity contribution is -0.148. The molecule has 2 N–H and O–H groups in total. The Balaban J connectivity index is 1.83. The third kappa shape index (κ3) is 3.06. The van der Waals surface area contributed by atoms with Gasteiger partial charge < -0.3 is 10.4 Å². The molecule has 3 rings (SSSR count). The largest absolute Gasteiger partial charge is 0.477 e. The van der Waals surface area contributed by atoms with Crippen molar-refractivity contribution < 1.29 is 32.7 Å². The van der Waals surface area contributed by atoms with Crippen LogP contribution < -0.4 is 5.32 Å². The normalized spacial score (nSPS) is 22.4. The molecule has 146 valence electrons. The number of halogens is 4. The molecule has 13 heteroatoms. The van der Waals surface area contributed by atoms with Crippen LogP contribution in [0.3, 0.4) is 0 Å². The first-order chi connectivity index (χ1) is 12.4. The fourth-order valence-electron chi connectivity index (χ4n) is 2.91. The molecular formula is C14H12ClF3N4O4S. The van der Waals surface area contributed by atoms with Gasteiger partial charge in [-0.1, -0.05) is 11.6 Å². The lowest BCUT2D eigenvalue weighted by Gasteiger charge is -2.49. The zero-order chi connectivity index (χ0) is 20.3. The average molecular weight is 425 g/mol. The topological polar surface area (TPSA) is 105 Å². The Hall–Kier alpha value is -2.21. The molecule has 0 unspecified atom stereocenters. The molecule has 3 heterocycles. The molecule has 0 saturated carbocycles. The van der Waals surface area contributed by atoms with Crippen LogP contribution in [0.15, 0.2) is 11.3 Å². The predicted molar refractivity (Wildman–Crippen MR) is 87.9 cm³/mol. The molecule has 0 aromatic carbocycles. The number of aryl methyl sites for hydroxylation is 1. The summed E-state index contributed by atoms with van der Waals surface area (Å²) >= 11 is 6.90. The van der Waals surface area contributed by atoms with Crippen LogP contribution in [0.4, 0.5) is 13.2 Å². The number of alkyl halides is 3. The van der Waals surface area contributed by atoms with E-state index >= 15 is 0 Å². The maximum Gasteiger partial charge on any atom is 0.436 e. The number of hydrogen-bond acceptors (Lipinski definition) is 5. The molecule has 1 aromatic rings. The van der Waals surface area contributed by atoms with Gasteiger partial charge in [-0.2, -0.15) is 18.3 Å². The summed E-state index contributed by atoms with van der Waals surface area (Å²) in [6.45, 7) is 1.58. The lowest BCUT2D eigenvalue weighted by atomic mass is 10.0. The van der Waals surface area contributed by atoms with Crippen LogP contribution in [-0.2, 0) is 22.8 Å². The number of fused-ring (bicyclic) bond motifs is 1. The second-order valence-corrected chi connectivity index (χ2v) is 7.41. The summed E-state index contributed by atoms with van der Waals surface area (Å²) in [6.07, 6.45) is -4.84. The van der Waals surface area contributed by atoms with Gasteiger partial charge in [-0.25, -0.2) is 4.79 Å². The fourth-order valence-corrected chi connectivity index (χ4v) is 4.56. The maximum atomic E-state index is 12.9. The van der Waals surface area contributed by atoms with Crippen molar-refractivity contribution in [3.8, 4) is 0 Å². The van der Waals surface area contributed by atoms with Gasteiger partial charge >= 0.3 is 12.1 Å². The zero-order valence-corrected chi connectivity index (χ0v) is 15.4. The predicted octanol–water partition coefficient (Wildman–Crippen LogP) is 1.46. The molecule has 0 radical (unpaired) electrons. The summed E-state index contributed by atoms with van der Waals surface area (Å²) in [7, 11) is 1.12. The summed E-state index contributed by atoms with van der Waals surface area (Å²) < 4.78 is 39.3. The number of rotatable bonds is 3. The summed E-state index contributed by atoms with van der Waals surface area (Å²) in [4.78, 5) is 37.1. The van der Waals surface area contributed by atoms with E-state index in [1.54, 1.807) is 6.92 Å². The number of carboxylic acids is 1. The molecule has 2 aliphatic heterocycles. The van der Waals surface area contributed by atoms with Crippen LogP contribution in [-0.4, -0.2) is 54.7 Å². The smallest absolute Gasteiger partial charge is 0.436 e. The number of carbonyl (C=O) groups is 3. The van der Waals surface area contributed by atoms with E-state index in [2.05, 4.69) is 10.4 Å². The summed E-state index contributed by atoms with van der Waals surface area (Å²) in [5, 5.41) is 13.3. The zero-order valence-electron chi connectivity index (χ0n) is 13.8. The van der Waals surface area contributed by atoms with Crippen molar-refractivity contribution in [1.29, 1.82) is 0 Å². The first-order valence-corrected chi connectivity index (χ1v) is 8.86. The van der Waals surface area contributed by atoms with Gasteiger partial charge in [0.2, 0.25) is 0 Å². The molecule has 2 atom stereocenters. The molecule has 1 aromatic heterocycles. The van der Waals surface area contributed by atoms with Crippen molar-refractivity contribution in [2.24, 2.45) is 7.05 Å². The Kier molecular flexibility index (Phi) is 4.67. The second-order valence-electron chi connectivity index (χ2n) is 5.93. The highest BCUT2D eigenvalue weighted by Gasteiger charge is 2.54. The molecule has 0 spiro atoms. The molecule has 2 aliphatic rings. The minimum Gasteiger partial charge on any atom is -0.477 e. The van der Waals surface area contributed by atoms with Crippen LogP contribution in [0.25, 0.3) is 0 Å². The molecule has 27 heavy (non-hydrogen) atoms. The van der Waals surface area contributed by atoms with Crippen molar-refractivity contribution in [1.82, 2.24) is 20.0 Å². The van der Waals surface area contributed by atoms with Crippen LogP contribution in [0.2, 0.25) is 5.02 Å². The van der Waals surface area contributed by atoms with Crippen LogP contribution >= 0.6 is 23.4 Å². The van der Waals surface area contributed by atoms with E-state index in [-0.39, 0.29) is 5.70 Å². The third-order valence-corrected chi connectivity index (χ3v) is 5.90. The van der Waals surface area contributed by atoms with E-state index in [0.717, 1.165) is 11.9 Å². The highest BCUT2D eigenvalue weighted by Crippen LogP contribution is 2.40. The highest BCUT2D eigenvalue weighted by atomic mass is 35.5. The standard InChI is InChI=1S/C14H12ClF3N4O4S/c1-4-3-27-12-6(11(24)22(12)7(4)13(25)26)19-10(23)8-5(15)9(14(16,17)18)20-21(8)2/h6,12H,3H2,1-2H3,(H,19,23)(H,25,26)/t6-,12-/m1/s1. The van der Waals surface area contributed by atoms with Crippen LogP contribution in [0.5, 0.6) is 0 Å². The van der Waals surface area contributed by atoms with Crippen molar-refractivity contribution in [2.75, 3.05) is 5.75 Å². The SMILES string of the molecule is CC1=C(C(=O)O)N2C(=O)[C@@H](NC(=O)c3c(Cl)c(C(F)(F)F)nn3C)[C@H]2SC1. The van der Waals surface area contributed by atoms with E-state index in [1.807, 2.05) is 0 Å². The van der Waals surface area contributed by atoms with Gasteiger partial charge in [0.15, 0.2) is 5.69 Å². The minimum atomic E-state index is -4.84. The van der Waals surface area contributed by atoms with E-state index in [4.69, 9.17) is 11.6 Å². The molecular weight excluding hydrogens is 413 g/mol. The van der Waals surface area contributed by atoms with E-state index < -0.39 is 51.8 Å². The number of amides is 2. The van der Waals surface area contributed by atoms with Crippen molar-refractivity contribution in [2.45, 2.75) is 24.5 Å². The number of carboxylic acid groups (broad SMARTS) is 1. The van der Waals surface area contributed by atoms with Gasteiger partial charge in [0.05, 0.1) is 0 Å². The number of nitrogens with one attached hydrogen (secondary N) is 1. The van der Waals surface area contributed by atoms with E-state index in [1.165, 1.54) is 11.8 Å². The van der Waals surface area contributed by atoms with Crippen LogP contribution in [0.1, 0.15) is 23.1 Å². The Bertz CT molecular complexity index is 898. The van der Waals surface area contributed by atoms with E-state index in [9.17, 15) is 32.7 Å². The van der Waals surface area contributed by atoms with Crippen molar-refractivity contribution >= 4 is 41.1 Å². The first-order valence-electron chi connectivity index (χ1n) is 7.43. The number of nitrogens with zero attached hydrogens (tertiary/aromatic N) is 3. The van der Waals surface area contributed by atoms with Gasteiger partial charge in [0, 0.05) is 12.8 Å². The number of aromatic nitrogens is 2. The van der Waals surface area contributed by atoms with E-state index in [0.29, 0.717) is 16.0 Å². The third-order valence-electron chi connectivity index (χ3n) is 4.12. The number of β-lactam (4-membered cyclic amide) rings is 1. The number of carbonyl (C=O) groups excluding carboxylic acids is 2. The number of aliphatic carboxylic acids is 1. The first kappa shape index (κ1) is 19.5. The second kappa shape index (κ2) is 6.44. The molecule has 1 fully saturated rings. The summed E-state index contributed by atoms with van der Waals surface area (Å²) in [5.41, 5.74) is -1.59. The molecule has 0 aliphatic carbocycles. The van der Waals surface area contributed by atoms with Gasteiger partial charge in [-0.15, -0.1) is 11.8 Å². The Morgan fingerprint density at radius 3 is 2.56 bits per heavy atom. The fraction of sp³-hybridized carbons (Fsp3) is 0.429. The Morgan fingerprint density at radius 2 is 2.04 bits per heavy atom. The molecule has 1 saturated heterocycles. The van der Waals surface area contributed by atoms with Gasteiger partial charge in [-0.3, -0.25) is 19.2 Å². The number of thioether (sulfide) groups is 1. The Labute approximate surface area is 159 Å². The van der Waals surface area contributed by atoms with Crippen molar-refractivity contribution in [3.63, 3.8) is 0 Å². The number of hydrogen-bond donors (Lipinski definition) is 2. The molecule has 0 bridgehead atoms. The minimum absolute atomic E-state index is 0.146. The monoisotopic (exact) mass is 424 g/mol. The summed E-state index contributed by atoms with van der Waals surface area (Å²) in [6, 6.07) is -1.08. The summed E-state index contributed by atoms with van der Waals surface area (Å²) in [5.74, 6) is -2.59. The Morgan fingerprint density at radius 1 is 1.41 bits per heavy atom.